The Morgan fingerprint density at radius 2 is 1.56 bits per heavy atom. The third kappa shape index (κ3) is 7.91. The van der Waals surface area contributed by atoms with Crippen LogP contribution in [0.25, 0.3) is 11.0 Å². The van der Waals surface area contributed by atoms with Gasteiger partial charge in [0.1, 0.15) is 17.1 Å². The summed E-state index contributed by atoms with van der Waals surface area (Å²) in [7, 11) is 1.67. The number of aliphatic hydroxyl groups excluding tert-OH is 1. The fourth-order valence-electron chi connectivity index (χ4n) is 6.37. The molecule has 2 aliphatic rings. The van der Waals surface area contributed by atoms with Crippen LogP contribution in [-0.2, 0) is 17.9 Å². The zero-order valence-corrected chi connectivity index (χ0v) is 25.7. The molecule has 1 amide bonds. The number of anilines is 1. The number of carbonyl (C=O) groups is 1. The van der Waals surface area contributed by atoms with Gasteiger partial charge in [-0.1, -0.05) is 24.3 Å². The Morgan fingerprint density at radius 3 is 2.18 bits per heavy atom. The molecule has 0 saturated carbocycles. The van der Waals surface area contributed by atoms with E-state index in [1.54, 1.807) is 7.11 Å². The third-order valence-electron chi connectivity index (χ3n) is 9.07. The average molecular weight is 608 g/mol. The highest BCUT2D eigenvalue weighted by molar-refractivity contribution is 5.95. The highest BCUT2D eigenvalue weighted by Crippen LogP contribution is 2.28. The van der Waals surface area contributed by atoms with Crippen molar-refractivity contribution in [1.82, 2.24) is 15.1 Å². The molecule has 6 rings (SSSR count). The van der Waals surface area contributed by atoms with E-state index in [1.807, 2.05) is 60.7 Å². The Balaban J connectivity index is 0.959. The van der Waals surface area contributed by atoms with Crippen LogP contribution in [0.4, 0.5) is 5.69 Å². The van der Waals surface area contributed by atoms with Crippen LogP contribution in [0.1, 0.15) is 54.4 Å². The molecule has 4 aromatic rings. The summed E-state index contributed by atoms with van der Waals surface area (Å²) in [6.07, 6.45) is 2.58. The van der Waals surface area contributed by atoms with Crippen molar-refractivity contribution in [3.05, 3.63) is 95.2 Å². The second-order valence-corrected chi connectivity index (χ2v) is 12.2. The lowest BCUT2D eigenvalue weighted by molar-refractivity contribution is -0.121. The first kappa shape index (κ1) is 30.8. The number of nitrogens with one attached hydrogen (secondary N) is 2. The summed E-state index contributed by atoms with van der Waals surface area (Å²) in [4.78, 5) is 17.9. The molecule has 3 N–H and O–H groups in total. The molecule has 1 atom stereocenters. The predicted molar refractivity (Wildman–Crippen MR) is 173 cm³/mol. The zero-order valence-electron chi connectivity index (χ0n) is 25.7. The number of nitriles is 1. The number of aliphatic hydroxyl groups is 1. The molecule has 3 aromatic carbocycles. The maximum Gasteiger partial charge on any atom is 0.227 e. The topological polar surface area (TPSA) is 114 Å². The fraction of sp³-hybridized carbons (Fsp3) is 0.389. The lowest BCUT2D eigenvalue weighted by Crippen LogP contribution is -2.43. The summed E-state index contributed by atoms with van der Waals surface area (Å²) >= 11 is 0. The van der Waals surface area contributed by atoms with Crippen molar-refractivity contribution in [3.8, 4) is 11.8 Å². The number of piperidine rings is 2. The van der Waals surface area contributed by atoms with Gasteiger partial charge >= 0.3 is 0 Å². The number of hydrogen-bond donors (Lipinski definition) is 3. The van der Waals surface area contributed by atoms with Gasteiger partial charge in [-0.05, 0) is 112 Å². The Hall–Kier alpha value is -4.20. The first-order chi connectivity index (χ1) is 21.9. The molecule has 0 spiro atoms. The quantitative estimate of drug-likeness (QED) is 0.205. The molecular weight excluding hydrogens is 566 g/mol. The minimum absolute atomic E-state index is 0.0192. The van der Waals surface area contributed by atoms with Crippen molar-refractivity contribution in [3.63, 3.8) is 0 Å². The lowest BCUT2D eigenvalue weighted by atomic mass is 9.95. The number of benzene rings is 3. The van der Waals surface area contributed by atoms with Gasteiger partial charge in [0.05, 0.1) is 18.7 Å². The van der Waals surface area contributed by atoms with Gasteiger partial charge in [0.2, 0.25) is 5.91 Å². The van der Waals surface area contributed by atoms with E-state index in [1.165, 1.54) is 11.1 Å². The average Bonchev–Trinajstić information content (AvgIpc) is 3.50. The van der Waals surface area contributed by atoms with Gasteiger partial charge in [0, 0.05) is 36.1 Å². The van der Waals surface area contributed by atoms with E-state index in [2.05, 4.69) is 38.6 Å². The summed E-state index contributed by atoms with van der Waals surface area (Å²) in [5.41, 5.74) is 4.53. The Kier molecular flexibility index (Phi) is 9.77. The van der Waals surface area contributed by atoms with Gasteiger partial charge in [0.15, 0.2) is 6.23 Å². The molecule has 3 heterocycles. The number of likely N-dealkylation sites (tertiary alicyclic amines) is 2. The first-order valence-corrected chi connectivity index (χ1v) is 15.8. The number of nitrogens with zero attached hydrogens (tertiary/aromatic N) is 3. The molecule has 0 radical (unpaired) electrons. The lowest BCUT2D eigenvalue weighted by Gasteiger charge is -2.33. The molecule has 9 heteroatoms. The Morgan fingerprint density at radius 1 is 0.933 bits per heavy atom. The highest BCUT2D eigenvalue weighted by atomic mass is 16.5. The third-order valence-corrected chi connectivity index (χ3v) is 9.07. The highest BCUT2D eigenvalue weighted by Gasteiger charge is 2.26. The number of furan rings is 1. The summed E-state index contributed by atoms with van der Waals surface area (Å²) in [5.74, 6) is 1.36. The largest absolute Gasteiger partial charge is 0.497 e. The number of methoxy groups -OCH3 is 1. The van der Waals surface area contributed by atoms with Crippen LogP contribution in [0.5, 0.6) is 5.75 Å². The van der Waals surface area contributed by atoms with Gasteiger partial charge in [-0.25, -0.2) is 0 Å². The van der Waals surface area contributed by atoms with Crippen LogP contribution < -0.4 is 15.4 Å². The van der Waals surface area contributed by atoms with Crippen molar-refractivity contribution < 1.29 is 19.1 Å². The first-order valence-electron chi connectivity index (χ1n) is 15.8. The molecule has 234 valence electrons. The molecule has 2 saturated heterocycles. The number of amides is 1. The normalized spacial score (nSPS) is 17.6. The molecule has 45 heavy (non-hydrogen) atoms. The number of fused-ring (bicyclic) bond motifs is 1. The van der Waals surface area contributed by atoms with E-state index >= 15 is 0 Å². The summed E-state index contributed by atoms with van der Waals surface area (Å²) in [6, 6.07) is 25.7. The van der Waals surface area contributed by atoms with Gasteiger partial charge in [-0.15, -0.1) is 0 Å². The van der Waals surface area contributed by atoms with E-state index in [0.29, 0.717) is 16.9 Å². The predicted octanol–water partition coefficient (Wildman–Crippen LogP) is 5.41. The van der Waals surface area contributed by atoms with Crippen molar-refractivity contribution in [2.24, 2.45) is 5.92 Å². The molecule has 9 nitrogen and oxygen atoms in total. The van der Waals surface area contributed by atoms with Crippen LogP contribution in [0.15, 0.2) is 77.2 Å². The van der Waals surface area contributed by atoms with Gasteiger partial charge in [0.25, 0.3) is 0 Å². The van der Waals surface area contributed by atoms with Crippen LogP contribution >= 0.6 is 0 Å². The molecule has 1 aromatic heterocycles. The van der Waals surface area contributed by atoms with Gasteiger partial charge < -0.3 is 19.6 Å². The maximum absolute atomic E-state index is 13.1. The minimum Gasteiger partial charge on any atom is -0.497 e. The molecule has 1 unspecified atom stereocenters. The van der Waals surface area contributed by atoms with Crippen LogP contribution in [0.2, 0.25) is 0 Å². The number of ether oxygens (including phenoxy) is 1. The van der Waals surface area contributed by atoms with E-state index in [0.717, 1.165) is 81.8 Å². The van der Waals surface area contributed by atoms with Crippen molar-refractivity contribution in [2.45, 2.75) is 51.0 Å². The summed E-state index contributed by atoms with van der Waals surface area (Å²) in [6.45, 7) is 5.35. The van der Waals surface area contributed by atoms with Crippen molar-refractivity contribution in [1.29, 1.82) is 5.26 Å². The van der Waals surface area contributed by atoms with E-state index in [-0.39, 0.29) is 17.9 Å². The summed E-state index contributed by atoms with van der Waals surface area (Å²) < 4.78 is 11.2. The standard InChI is InChI=1S/C36H41N5O4/c1-44-32-9-6-27(7-10-32)24-40-16-12-28(13-17-40)35(42)39-31-8-11-33-29(20-31)21-34(45-33)36(43)38-30-14-18-41(19-15-30)23-26-4-2-25(22-37)3-5-26/h2-11,20-21,28,30,36,38,43H,12-19,23-24H2,1H3,(H,39,42). The molecular formula is C36H41N5O4. The molecule has 2 aliphatic heterocycles. The SMILES string of the molecule is COc1ccc(CN2CCC(C(=O)Nc3ccc4oc(C(O)NC5CCN(Cc6ccc(C#N)cc6)CC5)cc4c3)CC2)cc1. The number of rotatable bonds is 10. The molecule has 0 aliphatic carbocycles. The molecule has 2 fully saturated rings. The number of hydrogen-bond acceptors (Lipinski definition) is 8. The minimum atomic E-state index is -0.909. The summed E-state index contributed by atoms with van der Waals surface area (Å²) in [5, 5.41) is 27.2. The van der Waals surface area contributed by atoms with E-state index < -0.39 is 6.23 Å². The van der Waals surface area contributed by atoms with Crippen LogP contribution in [0, 0.1) is 17.2 Å². The number of carbonyl (C=O) groups excluding carboxylic acids is 1. The second-order valence-electron chi connectivity index (χ2n) is 12.2. The smallest absolute Gasteiger partial charge is 0.227 e. The van der Waals surface area contributed by atoms with Crippen LogP contribution in [0.3, 0.4) is 0 Å². The fourth-order valence-corrected chi connectivity index (χ4v) is 6.37. The van der Waals surface area contributed by atoms with E-state index in [4.69, 9.17) is 14.4 Å². The Bertz CT molecular complexity index is 1610. The van der Waals surface area contributed by atoms with Crippen molar-refractivity contribution >= 4 is 22.6 Å². The molecule has 0 bridgehead atoms. The zero-order chi connectivity index (χ0) is 31.2. The van der Waals surface area contributed by atoms with Gasteiger partial charge in [-0.2, -0.15) is 5.26 Å². The monoisotopic (exact) mass is 607 g/mol. The van der Waals surface area contributed by atoms with Gasteiger partial charge in [-0.3, -0.25) is 19.9 Å². The second kappa shape index (κ2) is 14.3. The Labute approximate surface area is 264 Å². The van der Waals surface area contributed by atoms with Crippen molar-refractivity contribution in [2.75, 3.05) is 38.6 Å². The van der Waals surface area contributed by atoms with Crippen LogP contribution in [-0.4, -0.2) is 60.1 Å². The maximum atomic E-state index is 13.1. The van der Waals surface area contributed by atoms with E-state index in [9.17, 15) is 9.90 Å².